The van der Waals surface area contributed by atoms with Gasteiger partial charge >= 0.3 is 0 Å². The van der Waals surface area contributed by atoms with Gasteiger partial charge in [-0.25, -0.2) is 4.98 Å². The minimum absolute atomic E-state index is 0.0610. The smallest absolute Gasteiger partial charge is 0.221 e. The Morgan fingerprint density at radius 2 is 2.24 bits per heavy atom. The Balaban J connectivity index is 1.74. The molecule has 3 rings (SSSR count). The average Bonchev–Trinajstić information content (AvgIpc) is 3.00. The van der Waals surface area contributed by atoms with Crippen LogP contribution in [0, 0.1) is 6.92 Å². The van der Waals surface area contributed by atoms with Crippen molar-refractivity contribution >= 4 is 39.7 Å². The summed E-state index contributed by atoms with van der Waals surface area (Å²) in [4.78, 5) is 16.5. The maximum Gasteiger partial charge on any atom is 0.221 e. The molecule has 2 aromatic heterocycles. The standard InChI is InChI=1S/C15H15N3O2S/c1-9(19)17-12-5-6-21-15(12)8-16-11-3-4-14-13(7-11)18-10(2)20-14/h3-7,16H,8H2,1-2H3,(H,17,19). The number of anilines is 2. The van der Waals surface area contributed by atoms with Crippen LogP contribution in [0.1, 0.15) is 17.7 Å². The van der Waals surface area contributed by atoms with Crippen molar-refractivity contribution in [2.45, 2.75) is 20.4 Å². The third-order valence-corrected chi connectivity index (χ3v) is 3.92. The van der Waals surface area contributed by atoms with Gasteiger partial charge in [0.05, 0.1) is 12.2 Å². The number of carbonyl (C=O) groups excluding carboxylic acids is 1. The molecule has 0 atom stereocenters. The number of aryl methyl sites for hydroxylation is 1. The van der Waals surface area contributed by atoms with Crippen molar-refractivity contribution in [1.82, 2.24) is 4.98 Å². The van der Waals surface area contributed by atoms with Gasteiger partial charge in [0.1, 0.15) is 5.52 Å². The second-order valence-corrected chi connectivity index (χ2v) is 5.71. The van der Waals surface area contributed by atoms with E-state index in [0.717, 1.165) is 27.4 Å². The minimum Gasteiger partial charge on any atom is -0.441 e. The van der Waals surface area contributed by atoms with Crippen LogP contribution < -0.4 is 10.6 Å². The average molecular weight is 301 g/mol. The summed E-state index contributed by atoms with van der Waals surface area (Å²) < 4.78 is 5.45. The van der Waals surface area contributed by atoms with Crippen LogP contribution in [-0.4, -0.2) is 10.9 Å². The third-order valence-electron chi connectivity index (χ3n) is 3.00. The molecule has 0 fully saturated rings. The Labute approximate surface area is 126 Å². The summed E-state index contributed by atoms with van der Waals surface area (Å²) >= 11 is 1.61. The lowest BCUT2D eigenvalue weighted by atomic mass is 10.3. The molecule has 3 aromatic rings. The van der Waals surface area contributed by atoms with E-state index >= 15 is 0 Å². The van der Waals surface area contributed by atoms with Gasteiger partial charge in [-0.05, 0) is 29.6 Å². The van der Waals surface area contributed by atoms with Gasteiger partial charge in [-0.3, -0.25) is 4.79 Å². The lowest BCUT2D eigenvalue weighted by molar-refractivity contribution is -0.114. The number of oxazole rings is 1. The second kappa shape index (κ2) is 5.57. The highest BCUT2D eigenvalue weighted by molar-refractivity contribution is 7.10. The van der Waals surface area contributed by atoms with Crippen LogP contribution in [0.2, 0.25) is 0 Å². The number of carbonyl (C=O) groups is 1. The molecule has 0 aliphatic rings. The number of hydrogen-bond acceptors (Lipinski definition) is 5. The van der Waals surface area contributed by atoms with Crippen LogP contribution in [0.25, 0.3) is 11.1 Å². The number of rotatable bonds is 4. The number of hydrogen-bond donors (Lipinski definition) is 2. The Hall–Kier alpha value is -2.34. The van der Waals surface area contributed by atoms with E-state index in [1.807, 2.05) is 36.6 Å². The molecule has 0 radical (unpaired) electrons. The van der Waals surface area contributed by atoms with Crippen molar-refractivity contribution in [2.24, 2.45) is 0 Å². The lowest BCUT2D eigenvalue weighted by Crippen LogP contribution is -2.08. The van der Waals surface area contributed by atoms with Crippen molar-refractivity contribution in [3.63, 3.8) is 0 Å². The molecule has 5 nitrogen and oxygen atoms in total. The summed E-state index contributed by atoms with van der Waals surface area (Å²) in [6.45, 7) is 3.99. The maximum absolute atomic E-state index is 11.1. The molecule has 0 unspecified atom stereocenters. The van der Waals surface area contributed by atoms with Gasteiger partial charge in [0.25, 0.3) is 0 Å². The van der Waals surface area contributed by atoms with E-state index in [0.29, 0.717) is 12.4 Å². The monoisotopic (exact) mass is 301 g/mol. The quantitative estimate of drug-likeness (QED) is 0.770. The molecule has 0 spiro atoms. The highest BCUT2D eigenvalue weighted by atomic mass is 32.1. The first-order valence-corrected chi connectivity index (χ1v) is 7.45. The predicted octanol–water partition coefficient (Wildman–Crippen LogP) is 3.77. The fourth-order valence-electron chi connectivity index (χ4n) is 2.11. The van der Waals surface area contributed by atoms with Gasteiger partial charge in [-0.2, -0.15) is 0 Å². The van der Waals surface area contributed by atoms with Crippen LogP contribution in [-0.2, 0) is 11.3 Å². The lowest BCUT2D eigenvalue weighted by Gasteiger charge is -2.07. The molecule has 0 saturated carbocycles. The zero-order valence-corrected chi connectivity index (χ0v) is 12.6. The van der Waals surface area contributed by atoms with E-state index in [9.17, 15) is 4.79 Å². The molecule has 2 N–H and O–H groups in total. The fourth-order valence-corrected chi connectivity index (χ4v) is 2.88. The van der Waals surface area contributed by atoms with Crippen molar-refractivity contribution in [3.05, 3.63) is 40.4 Å². The number of thiophene rings is 1. The number of amides is 1. The van der Waals surface area contributed by atoms with Gasteiger partial charge in [-0.1, -0.05) is 0 Å². The topological polar surface area (TPSA) is 67.2 Å². The van der Waals surface area contributed by atoms with Gasteiger partial charge < -0.3 is 15.1 Å². The van der Waals surface area contributed by atoms with E-state index < -0.39 is 0 Å². The van der Waals surface area contributed by atoms with Gasteiger partial charge in [0, 0.05) is 24.4 Å². The molecule has 108 valence electrons. The first-order valence-electron chi connectivity index (χ1n) is 6.57. The Morgan fingerprint density at radius 3 is 3.05 bits per heavy atom. The summed E-state index contributed by atoms with van der Waals surface area (Å²) in [5.74, 6) is 0.600. The summed E-state index contributed by atoms with van der Waals surface area (Å²) in [5, 5.41) is 8.13. The highest BCUT2D eigenvalue weighted by Crippen LogP contribution is 2.25. The molecular formula is C15H15N3O2S. The number of nitrogens with one attached hydrogen (secondary N) is 2. The van der Waals surface area contributed by atoms with Crippen LogP contribution in [0.15, 0.2) is 34.1 Å². The molecule has 0 aliphatic heterocycles. The Kier molecular flexibility index (Phi) is 3.62. The molecule has 0 bridgehead atoms. The Morgan fingerprint density at radius 1 is 1.38 bits per heavy atom. The van der Waals surface area contributed by atoms with Crippen molar-refractivity contribution in [3.8, 4) is 0 Å². The van der Waals surface area contributed by atoms with Crippen LogP contribution in [0.3, 0.4) is 0 Å². The maximum atomic E-state index is 11.1. The van der Waals surface area contributed by atoms with Gasteiger partial charge in [0.2, 0.25) is 5.91 Å². The highest BCUT2D eigenvalue weighted by Gasteiger charge is 2.07. The van der Waals surface area contributed by atoms with Crippen LogP contribution in [0.4, 0.5) is 11.4 Å². The zero-order valence-electron chi connectivity index (χ0n) is 11.8. The largest absolute Gasteiger partial charge is 0.441 e. The summed E-state index contributed by atoms with van der Waals surface area (Å²) in [5.41, 5.74) is 3.45. The van der Waals surface area contributed by atoms with Crippen molar-refractivity contribution in [1.29, 1.82) is 0 Å². The van der Waals surface area contributed by atoms with E-state index in [2.05, 4.69) is 15.6 Å². The van der Waals surface area contributed by atoms with E-state index in [1.54, 1.807) is 11.3 Å². The summed E-state index contributed by atoms with van der Waals surface area (Å²) in [6.07, 6.45) is 0. The fraction of sp³-hybridized carbons (Fsp3) is 0.200. The number of fused-ring (bicyclic) bond motifs is 1. The van der Waals surface area contributed by atoms with E-state index in [-0.39, 0.29) is 5.91 Å². The SMILES string of the molecule is CC(=O)Nc1ccsc1CNc1ccc2oc(C)nc2c1. The zero-order chi connectivity index (χ0) is 14.8. The molecule has 1 aromatic carbocycles. The molecule has 21 heavy (non-hydrogen) atoms. The van der Waals surface area contributed by atoms with Crippen LogP contribution >= 0.6 is 11.3 Å². The predicted molar refractivity (Wildman–Crippen MR) is 84.7 cm³/mol. The molecule has 6 heteroatoms. The van der Waals surface area contributed by atoms with Crippen molar-refractivity contribution in [2.75, 3.05) is 10.6 Å². The van der Waals surface area contributed by atoms with E-state index in [4.69, 9.17) is 4.42 Å². The molecular weight excluding hydrogens is 286 g/mol. The number of benzene rings is 1. The first-order chi connectivity index (χ1) is 10.1. The molecule has 2 heterocycles. The normalized spacial score (nSPS) is 10.8. The number of nitrogens with zero attached hydrogens (tertiary/aromatic N) is 1. The van der Waals surface area contributed by atoms with Gasteiger partial charge in [0.15, 0.2) is 11.5 Å². The summed E-state index contributed by atoms with van der Waals surface area (Å²) in [7, 11) is 0. The van der Waals surface area contributed by atoms with Crippen molar-refractivity contribution < 1.29 is 9.21 Å². The summed E-state index contributed by atoms with van der Waals surface area (Å²) in [6, 6.07) is 7.73. The van der Waals surface area contributed by atoms with E-state index in [1.165, 1.54) is 6.92 Å². The number of aromatic nitrogens is 1. The minimum atomic E-state index is -0.0610. The molecule has 0 saturated heterocycles. The third kappa shape index (κ3) is 3.05. The first kappa shape index (κ1) is 13.6. The second-order valence-electron chi connectivity index (χ2n) is 4.71. The molecule has 0 aliphatic carbocycles. The molecule has 1 amide bonds. The Bertz CT molecular complexity index is 791. The van der Waals surface area contributed by atoms with Gasteiger partial charge in [-0.15, -0.1) is 11.3 Å². The van der Waals surface area contributed by atoms with Crippen LogP contribution in [0.5, 0.6) is 0 Å².